The Bertz CT molecular complexity index is 543. The molecule has 4 nitrogen and oxygen atoms in total. The average Bonchev–Trinajstić information content (AvgIpc) is 2.90. The molecule has 0 aliphatic carbocycles. The summed E-state index contributed by atoms with van der Waals surface area (Å²) in [6.07, 6.45) is 35.9. The second kappa shape index (κ2) is 30.2. The Labute approximate surface area is 236 Å². The van der Waals surface area contributed by atoms with Crippen LogP contribution in [-0.4, -0.2) is 23.1 Å². The number of carbonyl (C=O) groups excluding carboxylic acids is 1. The van der Waals surface area contributed by atoms with Crippen LogP contribution in [0.15, 0.2) is 12.2 Å². The normalized spacial score (nSPS) is 12.3. The fourth-order valence-corrected chi connectivity index (χ4v) is 4.99. The molecule has 0 aliphatic rings. The molecule has 1 atom stereocenters. The lowest BCUT2D eigenvalue weighted by Crippen LogP contribution is -2.17. The van der Waals surface area contributed by atoms with Crippen LogP contribution in [-0.2, 0) is 14.3 Å². The van der Waals surface area contributed by atoms with Crippen LogP contribution in [0, 0.1) is 0 Å². The van der Waals surface area contributed by atoms with E-state index in [1.165, 1.54) is 109 Å². The molecule has 0 fully saturated rings. The van der Waals surface area contributed by atoms with Crippen molar-refractivity contribution in [1.29, 1.82) is 0 Å². The van der Waals surface area contributed by atoms with Crippen LogP contribution < -0.4 is 0 Å². The number of carbonyl (C=O) groups is 2. The molecule has 0 aliphatic heterocycles. The molecule has 0 bridgehead atoms. The van der Waals surface area contributed by atoms with Crippen molar-refractivity contribution in [3.05, 3.63) is 12.2 Å². The van der Waals surface area contributed by atoms with E-state index in [-0.39, 0.29) is 12.1 Å². The van der Waals surface area contributed by atoms with Gasteiger partial charge in [0.25, 0.3) is 0 Å². The highest BCUT2D eigenvalue weighted by Crippen LogP contribution is 2.16. The molecule has 0 aromatic carbocycles. The van der Waals surface area contributed by atoms with Crippen molar-refractivity contribution in [3.8, 4) is 0 Å². The molecule has 0 spiro atoms. The van der Waals surface area contributed by atoms with Crippen LogP contribution in [0.3, 0.4) is 0 Å². The molecule has 0 aromatic heterocycles. The second-order valence-corrected chi connectivity index (χ2v) is 11.3. The molecular formula is C34H64O4. The second-order valence-electron chi connectivity index (χ2n) is 11.3. The Morgan fingerprint density at radius 3 is 1.47 bits per heavy atom. The molecule has 224 valence electrons. The fraction of sp³-hybridized carbons (Fsp3) is 0.882. The minimum atomic E-state index is -0.677. The van der Waals surface area contributed by atoms with E-state index in [0.29, 0.717) is 12.8 Å². The Hall–Kier alpha value is -1.32. The quantitative estimate of drug-likeness (QED) is 0.0563. The molecular weight excluding hydrogens is 472 g/mol. The Morgan fingerprint density at radius 2 is 1.00 bits per heavy atom. The van der Waals surface area contributed by atoms with Gasteiger partial charge in [-0.05, 0) is 57.8 Å². The van der Waals surface area contributed by atoms with Gasteiger partial charge < -0.3 is 9.84 Å². The summed E-state index contributed by atoms with van der Waals surface area (Å²) < 4.78 is 5.74. The third kappa shape index (κ3) is 29.2. The summed E-state index contributed by atoms with van der Waals surface area (Å²) in [5, 5.41) is 8.64. The van der Waals surface area contributed by atoms with Crippen molar-refractivity contribution >= 4 is 11.9 Å². The third-order valence-electron chi connectivity index (χ3n) is 7.56. The van der Waals surface area contributed by atoms with E-state index in [0.717, 1.165) is 51.4 Å². The maximum Gasteiger partial charge on any atom is 0.306 e. The van der Waals surface area contributed by atoms with E-state index < -0.39 is 5.97 Å². The zero-order valence-corrected chi connectivity index (χ0v) is 25.5. The third-order valence-corrected chi connectivity index (χ3v) is 7.56. The number of hydrogen-bond donors (Lipinski definition) is 1. The molecule has 0 rings (SSSR count). The van der Waals surface area contributed by atoms with Crippen molar-refractivity contribution in [1.82, 2.24) is 0 Å². The Morgan fingerprint density at radius 1 is 0.579 bits per heavy atom. The van der Waals surface area contributed by atoms with Gasteiger partial charge in [-0.25, -0.2) is 0 Å². The monoisotopic (exact) mass is 536 g/mol. The van der Waals surface area contributed by atoms with Gasteiger partial charge in [0.1, 0.15) is 6.10 Å². The van der Waals surface area contributed by atoms with E-state index in [1.807, 2.05) is 0 Å². The highest BCUT2D eigenvalue weighted by Gasteiger charge is 2.12. The van der Waals surface area contributed by atoms with Crippen molar-refractivity contribution in [2.75, 3.05) is 0 Å². The number of rotatable bonds is 30. The van der Waals surface area contributed by atoms with Crippen molar-refractivity contribution in [2.24, 2.45) is 0 Å². The zero-order valence-electron chi connectivity index (χ0n) is 25.5. The van der Waals surface area contributed by atoms with Gasteiger partial charge in [-0.15, -0.1) is 0 Å². The van der Waals surface area contributed by atoms with E-state index in [2.05, 4.69) is 26.0 Å². The van der Waals surface area contributed by atoms with Crippen LogP contribution in [0.25, 0.3) is 0 Å². The summed E-state index contributed by atoms with van der Waals surface area (Å²) >= 11 is 0. The lowest BCUT2D eigenvalue weighted by molar-refractivity contribution is -0.149. The first kappa shape index (κ1) is 36.7. The average molecular weight is 537 g/mol. The number of ether oxygens (including phenoxy) is 1. The van der Waals surface area contributed by atoms with Gasteiger partial charge in [0.05, 0.1) is 0 Å². The van der Waals surface area contributed by atoms with E-state index in [1.54, 1.807) is 0 Å². The molecule has 0 amide bonds. The van der Waals surface area contributed by atoms with Crippen molar-refractivity contribution < 1.29 is 19.4 Å². The minimum absolute atomic E-state index is 0.00201. The predicted octanol–water partition coefficient (Wildman–Crippen LogP) is 11.1. The summed E-state index contributed by atoms with van der Waals surface area (Å²) in [5.41, 5.74) is 0. The number of esters is 1. The number of carboxylic acids is 1. The number of hydrogen-bond acceptors (Lipinski definition) is 3. The number of unbranched alkanes of at least 4 members (excludes halogenated alkanes) is 20. The number of aliphatic carboxylic acids is 1. The van der Waals surface area contributed by atoms with Crippen LogP contribution in [0.1, 0.15) is 187 Å². The number of allylic oxidation sites excluding steroid dienone is 2. The van der Waals surface area contributed by atoms with Crippen LogP contribution >= 0.6 is 0 Å². The van der Waals surface area contributed by atoms with Gasteiger partial charge >= 0.3 is 11.9 Å². The molecule has 0 heterocycles. The SMILES string of the molecule is CCCCCCCC/C=C\CCCCCCCC(=O)OC(CC)CCCCCCCCCCCCC(=O)O. The van der Waals surface area contributed by atoms with Gasteiger partial charge in [0.2, 0.25) is 0 Å². The first-order valence-electron chi connectivity index (χ1n) is 16.7. The highest BCUT2D eigenvalue weighted by molar-refractivity contribution is 5.69. The van der Waals surface area contributed by atoms with Gasteiger partial charge in [-0.3, -0.25) is 9.59 Å². The molecule has 1 N–H and O–H groups in total. The maximum absolute atomic E-state index is 12.2. The summed E-state index contributed by atoms with van der Waals surface area (Å²) in [5.74, 6) is -0.679. The van der Waals surface area contributed by atoms with E-state index >= 15 is 0 Å². The summed E-state index contributed by atoms with van der Waals surface area (Å²) in [6, 6.07) is 0. The topological polar surface area (TPSA) is 63.6 Å². The Kier molecular flexibility index (Phi) is 29.2. The van der Waals surface area contributed by atoms with Crippen molar-refractivity contribution in [3.63, 3.8) is 0 Å². The highest BCUT2D eigenvalue weighted by atomic mass is 16.5. The first-order valence-corrected chi connectivity index (χ1v) is 16.7. The first-order chi connectivity index (χ1) is 18.6. The van der Waals surface area contributed by atoms with Crippen LogP contribution in [0.5, 0.6) is 0 Å². The van der Waals surface area contributed by atoms with Gasteiger partial charge in [0.15, 0.2) is 0 Å². The Balaban J connectivity index is 3.46. The maximum atomic E-state index is 12.2. The molecule has 0 radical (unpaired) electrons. The van der Waals surface area contributed by atoms with E-state index in [4.69, 9.17) is 9.84 Å². The molecule has 1 unspecified atom stereocenters. The van der Waals surface area contributed by atoms with Crippen LogP contribution in [0.2, 0.25) is 0 Å². The predicted molar refractivity (Wildman–Crippen MR) is 163 cm³/mol. The van der Waals surface area contributed by atoms with Gasteiger partial charge in [-0.1, -0.05) is 129 Å². The summed E-state index contributed by atoms with van der Waals surface area (Å²) in [4.78, 5) is 22.7. The fourth-order valence-electron chi connectivity index (χ4n) is 4.99. The molecule has 4 heteroatoms. The molecule has 0 aromatic rings. The standard InChI is InChI=1S/C34H64O4/c1-3-5-6-7-8-9-10-11-12-13-14-19-22-25-28-31-34(37)38-32(4-2)29-26-23-20-17-15-16-18-21-24-27-30-33(35)36/h11-12,32H,3-10,13-31H2,1-2H3,(H,35,36)/b12-11-. The largest absolute Gasteiger partial charge is 0.481 e. The lowest BCUT2D eigenvalue weighted by Gasteiger charge is -2.16. The lowest BCUT2D eigenvalue weighted by atomic mass is 10.0. The van der Waals surface area contributed by atoms with Crippen molar-refractivity contribution in [2.45, 2.75) is 193 Å². The van der Waals surface area contributed by atoms with Gasteiger partial charge in [-0.2, -0.15) is 0 Å². The zero-order chi connectivity index (χ0) is 27.9. The summed E-state index contributed by atoms with van der Waals surface area (Å²) in [6.45, 7) is 4.39. The van der Waals surface area contributed by atoms with E-state index in [9.17, 15) is 9.59 Å². The summed E-state index contributed by atoms with van der Waals surface area (Å²) in [7, 11) is 0. The molecule has 0 saturated heterocycles. The molecule has 0 saturated carbocycles. The van der Waals surface area contributed by atoms with Gasteiger partial charge in [0, 0.05) is 12.8 Å². The minimum Gasteiger partial charge on any atom is -0.481 e. The smallest absolute Gasteiger partial charge is 0.306 e. The number of carboxylic acid groups (broad SMARTS) is 1. The van der Waals surface area contributed by atoms with Crippen LogP contribution in [0.4, 0.5) is 0 Å². The molecule has 38 heavy (non-hydrogen) atoms.